The zero-order valence-corrected chi connectivity index (χ0v) is 15.5. The molecular weight excluding hydrogens is 354 g/mol. The van der Waals surface area contributed by atoms with Crippen LogP contribution in [0.3, 0.4) is 0 Å². The van der Waals surface area contributed by atoms with Crippen molar-refractivity contribution in [2.24, 2.45) is 0 Å². The average molecular weight is 373 g/mol. The highest BCUT2D eigenvalue weighted by atomic mass is 16.5. The Hall–Kier alpha value is -3.87. The SMILES string of the molecule is COc1cccc(Nc2cc(Nc3cc(C)on3)nc(-c3ccccc3)n2)c1. The van der Waals surface area contributed by atoms with Gasteiger partial charge in [0.2, 0.25) is 0 Å². The third-order valence-corrected chi connectivity index (χ3v) is 3.98. The Morgan fingerprint density at radius 1 is 0.821 bits per heavy atom. The molecule has 2 aromatic carbocycles. The molecule has 28 heavy (non-hydrogen) atoms. The van der Waals surface area contributed by atoms with Gasteiger partial charge < -0.3 is 19.9 Å². The van der Waals surface area contributed by atoms with Crippen LogP contribution in [0.5, 0.6) is 5.75 Å². The van der Waals surface area contributed by atoms with Crippen LogP contribution in [0.2, 0.25) is 0 Å². The smallest absolute Gasteiger partial charge is 0.175 e. The summed E-state index contributed by atoms with van der Waals surface area (Å²) in [6.45, 7) is 1.84. The lowest BCUT2D eigenvalue weighted by molar-refractivity contribution is 0.400. The number of nitrogens with one attached hydrogen (secondary N) is 2. The second-order valence-electron chi connectivity index (χ2n) is 6.13. The molecule has 0 spiro atoms. The molecular formula is C21H19N5O2. The first-order chi connectivity index (χ1) is 13.7. The molecule has 0 aliphatic heterocycles. The molecule has 7 heteroatoms. The molecule has 7 nitrogen and oxygen atoms in total. The van der Waals surface area contributed by atoms with Crippen LogP contribution in [0.4, 0.5) is 23.1 Å². The summed E-state index contributed by atoms with van der Waals surface area (Å²) >= 11 is 0. The molecule has 0 saturated heterocycles. The highest BCUT2D eigenvalue weighted by Crippen LogP contribution is 2.26. The number of benzene rings is 2. The van der Waals surface area contributed by atoms with Crippen molar-refractivity contribution in [1.29, 1.82) is 0 Å². The lowest BCUT2D eigenvalue weighted by Crippen LogP contribution is -2.02. The van der Waals surface area contributed by atoms with Crippen molar-refractivity contribution in [2.75, 3.05) is 17.7 Å². The summed E-state index contributed by atoms with van der Waals surface area (Å²) in [6, 6.07) is 21.1. The van der Waals surface area contributed by atoms with Crippen LogP contribution in [0.15, 0.2) is 71.3 Å². The maximum absolute atomic E-state index is 5.29. The Morgan fingerprint density at radius 2 is 1.61 bits per heavy atom. The first-order valence-electron chi connectivity index (χ1n) is 8.75. The number of hydrogen-bond donors (Lipinski definition) is 2. The molecule has 0 unspecified atom stereocenters. The summed E-state index contributed by atoms with van der Waals surface area (Å²) in [5.41, 5.74) is 1.77. The number of aryl methyl sites for hydroxylation is 1. The van der Waals surface area contributed by atoms with Gasteiger partial charge in [-0.1, -0.05) is 41.6 Å². The van der Waals surface area contributed by atoms with E-state index in [1.807, 2.05) is 67.6 Å². The average Bonchev–Trinajstić information content (AvgIpc) is 3.13. The number of ether oxygens (including phenoxy) is 1. The standard InChI is InChI=1S/C21H19N5O2/c1-14-11-20(26-28-14)23-19-13-18(22-16-9-6-10-17(12-16)27-2)24-21(25-19)15-7-4-3-5-8-15/h3-13H,1-2H3,(H2,22,23,24,25,26). The Morgan fingerprint density at radius 3 is 2.32 bits per heavy atom. The lowest BCUT2D eigenvalue weighted by Gasteiger charge is -2.11. The largest absolute Gasteiger partial charge is 0.497 e. The van der Waals surface area contributed by atoms with Gasteiger partial charge in [0.15, 0.2) is 11.6 Å². The lowest BCUT2D eigenvalue weighted by atomic mass is 10.2. The fourth-order valence-electron chi connectivity index (χ4n) is 2.70. The normalized spacial score (nSPS) is 10.5. The first kappa shape index (κ1) is 17.5. The minimum atomic E-state index is 0.586. The summed E-state index contributed by atoms with van der Waals surface area (Å²) in [5, 5.41) is 10.4. The second kappa shape index (κ2) is 7.79. The summed E-state index contributed by atoms with van der Waals surface area (Å²) < 4.78 is 10.4. The highest BCUT2D eigenvalue weighted by molar-refractivity contribution is 5.67. The number of anilines is 4. The third-order valence-electron chi connectivity index (χ3n) is 3.98. The van der Waals surface area contributed by atoms with E-state index in [1.165, 1.54) is 0 Å². The van der Waals surface area contributed by atoms with Gasteiger partial charge in [-0.05, 0) is 19.1 Å². The van der Waals surface area contributed by atoms with Gasteiger partial charge in [0.05, 0.1) is 7.11 Å². The van der Waals surface area contributed by atoms with Crippen LogP contribution >= 0.6 is 0 Å². The molecule has 0 bridgehead atoms. The predicted octanol–water partition coefficient (Wildman–Crippen LogP) is 4.94. The number of hydrogen-bond acceptors (Lipinski definition) is 7. The van der Waals surface area contributed by atoms with Crippen molar-refractivity contribution >= 4 is 23.1 Å². The molecule has 0 aliphatic carbocycles. The van der Waals surface area contributed by atoms with E-state index in [2.05, 4.69) is 25.8 Å². The van der Waals surface area contributed by atoms with Crippen molar-refractivity contribution in [3.8, 4) is 17.1 Å². The Labute approximate surface area is 162 Å². The Bertz CT molecular complexity index is 1080. The van der Waals surface area contributed by atoms with Gasteiger partial charge in [-0.3, -0.25) is 0 Å². The molecule has 0 aliphatic rings. The zero-order chi connectivity index (χ0) is 19.3. The minimum absolute atomic E-state index is 0.586. The number of rotatable bonds is 6. The van der Waals surface area contributed by atoms with Crippen LogP contribution in [0.1, 0.15) is 5.76 Å². The van der Waals surface area contributed by atoms with Gasteiger partial charge in [0.1, 0.15) is 23.1 Å². The quantitative estimate of drug-likeness (QED) is 0.495. The molecule has 2 aromatic heterocycles. The number of nitrogens with zero attached hydrogens (tertiary/aromatic N) is 3. The molecule has 4 aromatic rings. The van der Waals surface area contributed by atoms with Gasteiger partial charge >= 0.3 is 0 Å². The Kier molecular flexibility index (Phi) is 4.88. The summed E-state index contributed by atoms with van der Waals surface area (Å²) in [7, 11) is 1.64. The molecule has 0 radical (unpaired) electrons. The zero-order valence-electron chi connectivity index (χ0n) is 15.5. The first-order valence-corrected chi connectivity index (χ1v) is 8.75. The van der Waals surface area contributed by atoms with Crippen LogP contribution in [0, 0.1) is 6.92 Å². The molecule has 140 valence electrons. The van der Waals surface area contributed by atoms with E-state index in [4.69, 9.17) is 9.26 Å². The van der Waals surface area contributed by atoms with E-state index in [-0.39, 0.29) is 0 Å². The van der Waals surface area contributed by atoms with Crippen LogP contribution in [-0.2, 0) is 0 Å². The molecule has 2 heterocycles. The maximum atomic E-state index is 5.29. The summed E-state index contributed by atoms with van der Waals surface area (Å²) in [6.07, 6.45) is 0. The highest BCUT2D eigenvalue weighted by Gasteiger charge is 2.10. The van der Waals surface area contributed by atoms with Gasteiger partial charge in [0, 0.05) is 29.4 Å². The number of methoxy groups -OCH3 is 1. The number of aromatic nitrogens is 3. The van der Waals surface area contributed by atoms with Crippen LogP contribution in [0.25, 0.3) is 11.4 Å². The topological polar surface area (TPSA) is 85.1 Å². The molecule has 0 fully saturated rings. The van der Waals surface area contributed by atoms with E-state index < -0.39 is 0 Å². The van der Waals surface area contributed by atoms with E-state index in [1.54, 1.807) is 13.2 Å². The third kappa shape index (κ3) is 4.09. The van der Waals surface area contributed by atoms with Crippen molar-refractivity contribution in [1.82, 2.24) is 15.1 Å². The predicted molar refractivity (Wildman–Crippen MR) is 108 cm³/mol. The summed E-state index contributed by atoms with van der Waals surface area (Å²) in [4.78, 5) is 9.27. The summed E-state index contributed by atoms with van der Waals surface area (Å²) in [5.74, 6) is 3.91. The minimum Gasteiger partial charge on any atom is -0.497 e. The fourth-order valence-corrected chi connectivity index (χ4v) is 2.70. The molecule has 2 N–H and O–H groups in total. The van der Waals surface area contributed by atoms with E-state index in [0.717, 1.165) is 22.8 Å². The van der Waals surface area contributed by atoms with Crippen LogP contribution in [-0.4, -0.2) is 22.2 Å². The second-order valence-corrected chi connectivity index (χ2v) is 6.13. The van der Waals surface area contributed by atoms with Crippen molar-refractivity contribution in [3.63, 3.8) is 0 Å². The van der Waals surface area contributed by atoms with Crippen molar-refractivity contribution in [3.05, 3.63) is 72.5 Å². The van der Waals surface area contributed by atoms with Crippen LogP contribution < -0.4 is 15.4 Å². The molecule has 0 amide bonds. The molecule has 0 atom stereocenters. The van der Waals surface area contributed by atoms with Gasteiger partial charge in [-0.15, -0.1) is 0 Å². The van der Waals surface area contributed by atoms with E-state index in [0.29, 0.717) is 23.3 Å². The van der Waals surface area contributed by atoms with Gasteiger partial charge in [-0.2, -0.15) is 0 Å². The van der Waals surface area contributed by atoms with Gasteiger partial charge in [0.25, 0.3) is 0 Å². The molecule has 0 saturated carbocycles. The monoisotopic (exact) mass is 373 g/mol. The fraction of sp³-hybridized carbons (Fsp3) is 0.0952. The van der Waals surface area contributed by atoms with E-state index >= 15 is 0 Å². The molecule has 4 rings (SSSR count). The van der Waals surface area contributed by atoms with E-state index in [9.17, 15) is 0 Å². The van der Waals surface area contributed by atoms with Crippen molar-refractivity contribution < 1.29 is 9.26 Å². The Balaban J connectivity index is 1.70. The maximum Gasteiger partial charge on any atom is 0.175 e. The van der Waals surface area contributed by atoms with Crippen molar-refractivity contribution in [2.45, 2.75) is 6.92 Å². The van der Waals surface area contributed by atoms with Gasteiger partial charge in [-0.25, -0.2) is 9.97 Å².